The van der Waals surface area contributed by atoms with Crippen molar-refractivity contribution in [1.29, 1.82) is 0 Å². The molecule has 0 saturated carbocycles. The minimum atomic E-state index is 0.500. The van der Waals surface area contributed by atoms with Gasteiger partial charge in [0, 0.05) is 13.2 Å². The summed E-state index contributed by atoms with van der Waals surface area (Å²) in [6.07, 6.45) is 8.05. The highest BCUT2D eigenvalue weighted by molar-refractivity contribution is 5.68. The molecule has 0 bridgehead atoms. The van der Waals surface area contributed by atoms with Gasteiger partial charge in [0.15, 0.2) is 0 Å². The van der Waals surface area contributed by atoms with E-state index < -0.39 is 0 Å². The first-order chi connectivity index (χ1) is 19.7. The van der Waals surface area contributed by atoms with Gasteiger partial charge >= 0.3 is 0 Å². The fourth-order valence-electron chi connectivity index (χ4n) is 3.29. The maximum absolute atomic E-state index is 5.64. The quantitative estimate of drug-likeness (QED) is 0.0885. The number of benzene rings is 1. The van der Waals surface area contributed by atoms with Crippen LogP contribution in [0.3, 0.4) is 0 Å². The van der Waals surface area contributed by atoms with Crippen LogP contribution >= 0.6 is 0 Å². The molecule has 8 heteroatoms. The van der Waals surface area contributed by atoms with Gasteiger partial charge in [0.1, 0.15) is 13.2 Å². The standard InChI is InChI=1S/C32H54O8/c1-5-7-13-33-15-17-35-19-21-37-23-25-39-27-29(3)31-9-11-32(12-10-31)30(4)28-40-26-24-38-22-20-36-18-16-34-14-8-6-2/h9-12,27-28H,5-8,13-26H2,1-4H3. The molecule has 0 aliphatic heterocycles. The van der Waals surface area contributed by atoms with E-state index in [2.05, 4.69) is 38.1 Å². The van der Waals surface area contributed by atoms with Gasteiger partial charge < -0.3 is 37.9 Å². The number of unbranched alkanes of at least 4 members (excludes halogenated alkanes) is 2. The van der Waals surface area contributed by atoms with Crippen molar-refractivity contribution in [2.24, 2.45) is 0 Å². The Morgan fingerprint density at radius 2 is 0.725 bits per heavy atom. The number of rotatable bonds is 28. The minimum Gasteiger partial charge on any atom is -0.498 e. The molecule has 1 aromatic rings. The van der Waals surface area contributed by atoms with Gasteiger partial charge in [-0.25, -0.2) is 0 Å². The number of hydrogen-bond donors (Lipinski definition) is 0. The molecule has 0 aromatic heterocycles. The van der Waals surface area contributed by atoms with Crippen LogP contribution in [-0.4, -0.2) is 92.5 Å². The van der Waals surface area contributed by atoms with E-state index >= 15 is 0 Å². The molecule has 230 valence electrons. The van der Waals surface area contributed by atoms with Crippen molar-refractivity contribution in [3.05, 3.63) is 47.9 Å². The van der Waals surface area contributed by atoms with Gasteiger partial charge in [-0.1, -0.05) is 51.0 Å². The molecular formula is C32H54O8. The second kappa shape index (κ2) is 27.2. The fourth-order valence-corrected chi connectivity index (χ4v) is 3.29. The third-order valence-corrected chi connectivity index (χ3v) is 5.78. The van der Waals surface area contributed by atoms with Crippen LogP contribution in [0.1, 0.15) is 64.5 Å². The van der Waals surface area contributed by atoms with Crippen molar-refractivity contribution >= 4 is 11.1 Å². The van der Waals surface area contributed by atoms with Crippen LogP contribution in [0, 0.1) is 0 Å². The Labute approximate surface area is 242 Å². The summed E-state index contributed by atoms with van der Waals surface area (Å²) in [6.45, 7) is 16.8. The molecule has 0 N–H and O–H groups in total. The molecule has 0 saturated heterocycles. The summed E-state index contributed by atoms with van der Waals surface area (Å²) in [5.41, 5.74) is 4.33. The van der Waals surface area contributed by atoms with Crippen LogP contribution in [0.15, 0.2) is 36.8 Å². The lowest BCUT2D eigenvalue weighted by Gasteiger charge is -2.08. The van der Waals surface area contributed by atoms with Crippen LogP contribution in [-0.2, 0) is 37.9 Å². The Bertz CT molecular complexity index is 685. The molecular weight excluding hydrogens is 512 g/mol. The monoisotopic (exact) mass is 566 g/mol. The van der Waals surface area contributed by atoms with Crippen LogP contribution in [0.4, 0.5) is 0 Å². The molecule has 0 fully saturated rings. The molecule has 1 rings (SSSR count). The van der Waals surface area contributed by atoms with Gasteiger partial charge in [-0.3, -0.25) is 0 Å². The summed E-state index contributed by atoms with van der Waals surface area (Å²) in [6, 6.07) is 8.33. The predicted octanol–water partition coefficient (Wildman–Crippen LogP) is 6.14. The van der Waals surface area contributed by atoms with E-state index in [1.165, 1.54) is 0 Å². The lowest BCUT2D eigenvalue weighted by atomic mass is 10.0. The van der Waals surface area contributed by atoms with Gasteiger partial charge in [-0.15, -0.1) is 0 Å². The van der Waals surface area contributed by atoms with Gasteiger partial charge in [-0.05, 0) is 49.0 Å². The van der Waals surface area contributed by atoms with Gasteiger partial charge in [0.05, 0.1) is 78.6 Å². The zero-order chi connectivity index (χ0) is 28.9. The van der Waals surface area contributed by atoms with Gasteiger partial charge in [0.2, 0.25) is 0 Å². The smallest absolute Gasteiger partial charge is 0.111 e. The molecule has 8 nitrogen and oxygen atoms in total. The second-order valence-corrected chi connectivity index (χ2v) is 9.30. The Hall–Kier alpha value is -1.94. The van der Waals surface area contributed by atoms with E-state index in [4.69, 9.17) is 37.9 Å². The first-order valence-electron chi connectivity index (χ1n) is 14.8. The highest BCUT2D eigenvalue weighted by Gasteiger charge is 2.00. The van der Waals surface area contributed by atoms with Crippen molar-refractivity contribution in [3.8, 4) is 0 Å². The van der Waals surface area contributed by atoms with Crippen molar-refractivity contribution in [2.75, 3.05) is 92.5 Å². The van der Waals surface area contributed by atoms with Crippen LogP contribution in [0.25, 0.3) is 11.1 Å². The Morgan fingerprint density at radius 1 is 0.450 bits per heavy atom. The molecule has 0 heterocycles. The van der Waals surface area contributed by atoms with Crippen molar-refractivity contribution in [3.63, 3.8) is 0 Å². The summed E-state index contributed by atoms with van der Waals surface area (Å²) >= 11 is 0. The second-order valence-electron chi connectivity index (χ2n) is 9.30. The minimum absolute atomic E-state index is 0.500. The predicted molar refractivity (Wildman–Crippen MR) is 160 cm³/mol. The molecule has 1 aromatic carbocycles. The normalized spacial score (nSPS) is 12.2. The molecule has 0 unspecified atom stereocenters. The zero-order valence-corrected chi connectivity index (χ0v) is 25.5. The lowest BCUT2D eigenvalue weighted by molar-refractivity contribution is 0.00624. The summed E-state index contributed by atoms with van der Waals surface area (Å²) in [5, 5.41) is 0. The van der Waals surface area contributed by atoms with Crippen LogP contribution in [0.5, 0.6) is 0 Å². The maximum atomic E-state index is 5.64. The summed E-state index contributed by atoms with van der Waals surface area (Å²) in [5.74, 6) is 0. The largest absolute Gasteiger partial charge is 0.498 e. The highest BCUT2D eigenvalue weighted by atomic mass is 16.6. The van der Waals surface area contributed by atoms with E-state index in [1.54, 1.807) is 12.5 Å². The van der Waals surface area contributed by atoms with Gasteiger partial charge in [-0.2, -0.15) is 0 Å². The summed E-state index contributed by atoms with van der Waals surface area (Å²) < 4.78 is 44.2. The average Bonchev–Trinajstić information content (AvgIpc) is 2.97. The maximum Gasteiger partial charge on any atom is 0.111 e. The van der Waals surface area contributed by atoms with E-state index in [0.29, 0.717) is 79.3 Å². The molecule has 0 spiro atoms. The number of ether oxygens (including phenoxy) is 8. The Balaban J connectivity index is 2.08. The lowest BCUT2D eigenvalue weighted by Crippen LogP contribution is -2.11. The van der Waals surface area contributed by atoms with Crippen molar-refractivity contribution < 1.29 is 37.9 Å². The summed E-state index contributed by atoms with van der Waals surface area (Å²) in [7, 11) is 0. The third kappa shape index (κ3) is 20.9. The van der Waals surface area contributed by atoms with Crippen molar-refractivity contribution in [2.45, 2.75) is 53.4 Å². The number of allylic oxidation sites excluding steroid dienone is 2. The third-order valence-electron chi connectivity index (χ3n) is 5.78. The topological polar surface area (TPSA) is 73.8 Å². The van der Waals surface area contributed by atoms with E-state index in [0.717, 1.165) is 61.2 Å². The Morgan fingerprint density at radius 3 is 1.02 bits per heavy atom. The van der Waals surface area contributed by atoms with E-state index in [9.17, 15) is 0 Å². The molecule has 0 radical (unpaired) electrons. The summed E-state index contributed by atoms with van der Waals surface area (Å²) in [4.78, 5) is 0. The Kier molecular flexibility index (Phi) is 24.6. The SMILES string of the molecule is CCCCOCCOCCOCCOC=C(C)c1ccc(C(C)=COCCOCCOCCOCCCC)cc1. The number of hydrogen-bond acceptors (Lipinski definition) is 8. The average molecular weight is 567 g/mol. The molecule has 0 atom stereocenters. The first-order valence-corrected chi connectivity index (χ1v) is 14.8. The van der Waals surface area contributed by atoms with E-state index in [-0.39, 0.29) is 0 Å². The van der Waals surface area contributed by atoms with Crippen LogP contribution in [0.2, 0.25) is 0 Å². The first kappa shape index (κ1) is 36.1. The zero-order valence-electron chi connectivity index (χ0n) is 25.5. The van der Waals surface area contributed by atoms with Crippen molar-refractivity contribution in [1.82, 2.24) is 0 Å². The molecule has 0 aliphatic rings. The molecule has 0 aliphatic carbocycles. The highest BCUT2D eigenvalue weighted by Crippen LogP contribution is 2.19. The van der Waals surface area contributed by atoms with E-state index in [1.807, 2.05) is 13.8 Å². The molecule has 40 heavy (non-hydrogen) atoms. The molecule has 0 amide bonds. The van der Waals surface area contributed by atoms with Crippen LogP contribution < -0.4 is 0 Å². The fraction of sp³-hybridized carbons (Fsp3) is 0.688. The van der Waals surface area contributed by atoms with Gasteiger partial charge in [0.25, 0.3) is 0 Å².